The van der Waals surface area contributed by atoms with Gasteiger partial charge in [-0.3, -0.25) is 0 Å². The number of aromatic nitrogens is 2. The molecule has 1 aromatic heterocycles. The summed E-state index contributed by atoms with van der Waals surface area (Å²) in [6, 6.07) is 0.517. The monoisotopic (exact) mass is 267 g/mol. The van der Waals surface area contributed by atoms with Crippen molar-refractivity contribution in [3.63, 3.8) is 0 Å². The summed E-state index contributed by atoms with van der Waals surface area (Å²) in [4.78, 5) is 0. The van der Waals surface area contributed by atoms with Crippen molar-refractivity contribution in [2.24, 2.45) is 11.8 Å². The van der Waals surface area contributed by atoms with Gasteiger partial charge < -0.3 is 5.32 Å². The Morgan fingerprint density at radius 2 is 1.94 bits per heavy atom. The topological polar surface area (TPSA) is 37.8 Å². The molecule has 1 aliphatic rings. The molecule has 0 aromatic carbocycles. The van der Waals surface area contributed by atoms with E-state index >= 15 is 0 Å². The lowest BCUT2D eigenvalue weighted by Crippen LogP contribution is -2.26. The van der Waals surface area contributed by atoms with E-state index in [9.17, 15) is 0 Å². The van der Waals surface area contributed by atoms with Gasteiger partial charge in [0.1, 0.15) is 0 Å². The predicted octanol–water partition coefficient (Wildman–Crippen LogP) is 3.98. The average Bonchev–Trinajstić information content (AvgIpc) is 2.71. The number of nitrogens with one attached hydrogen (secondary N) is 1. The minimum atomic E-state index is 0.504. The summed E-state index contributed by atoms with van der Waals surface area (Å²) < 4.78 is 0. The first-order chi connectivity index (χ1) is 8.54. The van der Waals surface area contributed by atoms with Crippen molar-refractivity contribution in [3.05, 3.63) is 16.3 Å². The van der Waals surface area contributed by atoms with E-state index in [1.165, 1.54) is 19.3 Å². The van der Waals surface area contributed by atoms with Crippen LogP contribution in [0.1, 0.15) is 44.2 Å². The highest BCUT2D eigenvalue weighted by atomic mass is 35.5. The van der Waals surface area contributed by atoms with Gasteiger partial charge >= 0.3 is 0 Å². The van der Waals surface area contributed by atoms with Gasteiger partial charge in [-0.1, -0.05) is 31.9 Å². The molecular formula is C14H22ClN3. The number of hydrogen-bond donors (Lipinski definition) is 1. The van der Waals surface area contributed by atoms with Crippen LogP contribution in [-0.4, -0.2) is 16.2 Å². The number of halogens is 1. The SMILES string of the molecule is CCC1CCC(Nc2nnc(Cl)c(C)c2C)C1C. The van der Waals surface area contributed by atoms with Crippen LogP contribution in [0.5, 0.6) is 0 Å². The number of nitrogens with zero attached hydrogens (tertiary/aromatic N) is 2. The quantitative estimate of drug-likeness (QED) is 0.900. The molecule has 0 amide bonds. The Kier molecular flexibility index (Phi) is 4.10. The number of hydrogen-bond acceptors (Lipinski definition) is 3. The van der Waals surface area contributed by atoms with Crippen molar-refractivity contribution in [1.29, 1.82) is 0 Å². The number of anilines is 1. The molecule has 1 saturated carbocycles. The van der Waals surface area contributed by atoms with Gasteiger partial charge in [-0.15, -0.1) is 10.2 Å². The van der Waals surface area contributed by atoms with Crippen LogP contribution in [0, 0.1) is 25.7 Å². The fourth-order valence-electron chi connectivity index (χ4n) is 2.92. The van der Waals surface area contributed by atoms with E-state index in [0.717, 1.165) is 22.9 Å². The Balaban J connectivity index is 2.13. The highest BCUT2D eigenvalue weighted by Gasteiger charge is 2.32. The van der Waals surface area contributed by atoms with Crippen molar-refractivity contribution in [2.45, 2.75) is 53.0 Å². The molecule has 3 nitrogen and oxygen atoms in total. The van der Waals surface area contributed by atoms with E-state index < -0.39 is 0 Å². The van der Waals surface area contributed by atoms with E-state index in [2.05, 4.69) is 36.3 Å². The Bertz CT molecular complexity index is 433. The van der Waals surface area contributed by atoms with E-state index in [1.807, 2.05) is 6.92 Å². The van der Waals surface area contributed by atoms with Crippen molar-refractivity contribution in [2.75, 3.05) is 5.32 Å². The molecular weight excluding hydrogens is 246 g/mol. The molecule has 1 N–H and O–H groups in total. The molecule has 0 saturated heterocycles. The molecule has 0 spiro atoms. The predicted molar refractivity (Wildman–Crippen MR) is 76.1 cm³/mol. The average molecular weight is 268 g/mol. The minimum Gasteiger partial charge on any atom is -0.365 e. The lowest BCUT2D eigenvalue weighted by Gasteiger charge is -2.22. The van der Waals surface area contributed by atoms with Gasteiger partial charge in [0.15, 0.2) is 11.0 Å². The number of rotatable bonds is 3. The van der Waals surface area contributed by atoms with E-state index in [0.29, 0.717) is 17.1 Å². The zero-order chi connectivity index (χ0) is 13.3. The van der Waals surface area contributed by atoms with Crippen molar-refractivity contribution >= 4 is 17.4 Å². The maximum Gasteiger partial charge on any atom is 0.155 e. The second kappa shape index (κ2) is 5.43. The van der Waals surface area contributed by atoms with Gasteiger partial charge in [0.05, 0.1) is 0 Å². The molecule has 2 rings (SSSR count). The maximum atomic E-state index is 5.98. The molecule has 1 aliphatic carbocycles. The fraction of sp³-hybridized carbons (Fsp3) is 0.714. The fourth-order valence-corrected chi connectivity index (χ4v) is 3.10. The highest BCUT2D eigenvalue weighted by molar-refractivity contribution is 6.30. The van der Waals surface area contributed by atoms with Gasteiger partial charge in [0.2, 0.25) is 0 Å². The summed E-state index contributed by atoms with van der Waals surface area (Å²) in [6.07, 6.45) is 3.81. The van der Waals surface area contributed by atoms with Crippen LogP contribution >= 0.6 is 11.6 Å². The first kappa shape index (κ1) is 13.6. The van der Waals surface area contributed by atoms with Crippen LogP contribution in [0.3, 0.4) is 0 Å². The Labute approximate surface area is 114 Å². The Morgan fingerprint density at radius 1 is 1.22 bits per heavy atom. The van der Waals surface area contributed by atoms with Crippen LogP contribution < -0.4 is 5.32 Å². The highest BCUT2D eigenvalue weighted by Crippen LogP contribution is 2.36. The third-order valence-electron chi connectivity index (χ3n) is 4.54. The second-order valence-corrected chi connectivity index (χ2v) is 5.80. The summed E-state index contributed by atoms with van der Waals surface area (Å²) in [5.41, 5.74) is 2.13. The lowest BCUT2D eigenvalue weighted by atomic mass is 9.93. The van der Waals surface area contributed by atoms with Gasteiger partial charge in [-0.25, -0.2) is 0 Å². The van der Waals surface area contributed by atoms with Crippen molar-refractivity contribution in [1.82, 2.24) is 10.2 Å². The molecule has 1 aromatic rings. The standard InChI is InChI=1S/C14H22ClN3/c1-5-11-6-7-12(10(11)4)16-14-9(3)8(2)13(15)17-18-14/h10-12H,5-7H2,1-4H3,(H,16,18). The van der Waals surface area contributed by atoms with Crippen LogP contribution in [0.15, 0.2) is 0 Å². The molecule has 3 unspecified atom stereocenters. The zero-order valence-corrected chi connectivity index (χ0v) is 12.4. The summed E-state index contributed by atoms with van der Waals surface area (Å²) >= 11 is 5.98. The molecule has 100 valence electrons. The minimum absolute atomic E-state index is 0.504. The van der Waals surface area contributed by atoms with Gasteiger partial charge in [-0.2, -0.15) is 0 Å². The molecule has 4 heteroatoms. The van der Waals surface area contributed by atoms with Crippen LogP contribution in [0.2, 0.25) is 5.15 Å². The summed E-state index contributed by atoms with van der Waals surface area (Å²) in [7, 11) is 0. The second-order valence-electron chi connectivity index (χ2n) is 5.45. The first-order valence-electron chi connectivity index (χ1n) is 6.80. The van der Waals surface area contributed by atoms with E-state index in [1.54, 1.807) is 0 Å². The molecule has 0 bridgehead atoms. The van der Waals surface area contributed by atoms with Crippen molar-refractivity contribution in [3.8, 4) is 0 Å². The Hall–Kier alpha value is -0.830. The normalized spacial score (nSPS) is 27.5. The zero-order valence-electron chi connectivity index (χ0n) is 11.6. The molecule has 18 heavy (non-hydrogen) atoms. The molecule has 1 heterocycles. The van der Waals surface area contributed by atoms with Gasteiger partial charge in [0.25, 0.3) is 0 Å². The molecule has 1 fully saturated rings. The Morgan fingerprint density at radius 3 is 2.56 bits per heavy atom. The van der Waals surface area contributed by atoms with Gasteiger partial charge in [0, 0.05) is 6.04 Å². The van der Waals surface area contributed by atoms with Crippen LogP contribution in [-0.2, 0) is 0 Å². The van der Waals surface area contributed by atoms with Crippen molar-refractivity contribution < 1.29 is 0 Å². The van der Waals surface area contributed by atoms with Gasteiger partial charge in [-0.05, 0) is 49.7 Å². The molecule has 0 aliphatic heterocycles. The first-order valence-corrected chi connectivity index (χ1v) is 7.18. The maximum absolute atomic E-state index is 5.98. The molecule has 0 radical (unpaired) electrons. The lowest BCUT2D eigenvalue weighted by molar-refractivity contribution is 0.391. The summed E-state index contributed by atoms with van der Waals surface area (Å²) in [5, 5.41) is 12.3. The smallest absolute Gasteiger partial charge is 0.155 e. The van der Waals surface area contributed by atoms with E-state index in [4.69, 9.17) is 11.6 Å². The van der Waals surface area contributed by atoms with Crippen LogP contribution in [0.25, 0.3) is 0 Å². The largest absolute Gasteiger partial charge is 0.365 e. The summed E-state index contributed by atoms with van der Waals surface area (Å²) in [5.74, 6) is 2.43. The summed E-state index contributed by atoms with van der Waals surface area (Å²) in [6.45, 7) is 8.66. The molecule has 3 atom stereocenters. The third-order valence-corrected chi connectivity index (χ3v) is 4.90. The third kappa shape index (κ3) is 2.46. The van der Waals surface area contributed by atoms with Crippen LogP contribution in [0.4, 0.5) is 5.82 Å². The van der Waals surface area contributed by atoms with E-state index in [-0.39, 0.29) is 0 Å².